The van der Waals surface area contributed by atoms with Crippen molar-refractivity contribution in [3.05, 3.63) is 11.8 Å². The predicted octanol–water partition coefficient (Wildman–Crippen LogP) is -1.67. The third-order valence-corrected chi connectivity index (χ3v) is 1.43. The van der Waals surface area contributed by atoms with Crippen LogP contribution in [0.4, 0.5) is 0 Å². The van der Waals surface area contributed by atoms with Crippen molar-refractivity contribution in [1.29, 1.82) is 5.41 Å². The van der Waals surface area contributed by atoms with Crippen LogP contribution < -0.4 is 11.5 Å². The zero-order chi connectivity index (χ0) is 8.59. The fourth-order valence-corrected chi connectivity index (χ4v) is 0.754. The molecule has 0 aromatic carbocycles. The van der Waals surface area contributed by atoms with E-state index in [0.29, 0.717) is 0 Å². The van der Waals surface area contributed by atoms with Gasteiger partial charge in [-0.05, 0) is 0 Å². The lowest BCUT2D eigenvalue weighted by molar-refractivity contribution is -0.117. The predicted molar refractivity (Wildman–Crippen MR) is 38.0 cm³/mol. The number of nitrogens with one attached hydrogen (secondary N) is 1. The second-order valence-corrected chi connectivity index (χ2v) is 2.22. The summed E-state index contributed by atoms with van der Waals surface area (Å²) in [6.45, 7) is 0. The minimum absolute atomic E-state index is 0.168. The Morgan fingerprint density at radius 2 is 2.00 bits per heavy atom. The maximum Gasteiger partial charge on any atom is 0.203 e. The van der Waals surface area contributed by atoms with Crippen molar-refractivity contribution in [2.75, 3.05) is 0 Å². The first-order valence-electron chi connectivity index (χ1n) is 2.93. The Bertz CT molecular complexity index is 280. The highest BCUT2D eigenvalue weighted by molar-refractivity contribution is 6.51. The highest BCUT2D eigenvalue weighted by Gasteiger charge is 2.29. The molecule has 0 aromatic rings. The van der Waals surface area contributed by atoms with Crippen LogP contribution in [0.15, 0.2) is 11.8 Å². The maximum atomic E-state index is 10.9. The van der Waals surface area contributed by atoms with Gasteiger partial charge in [-0.25, -0.2) is 0 Å². The van der Waals surface area contributed by atoms with Crippen molar-refractivity contribution in [3.8, 4) is 0 Å². The number of hydrogen-bond acceptors (Lipinski definition) is 5. The first kappa shape index (κ1) is 7.62. The highest BCUT2D eigenvalue weighted by Crippen LogP contribution is 2.02. The summed E-state index contributed by atoms with van der Waals surface area (Å²) < 4.78 is 0. The number of carbonyl (C=O) groups excluding carboxylic acids is 2. The molecule has 5 nitrogen and oxygen atoms in total. The van der Waals surface area contributed by atoms with Crippen LogP contribution in [-0.2, 0) is 9.59 Å². The second-order valence-electron chi connectivity index (χ2n) is 2.22. The molecule has 0 saturated carbocycles. The summed E-state index contributed by atoms with van der Waals surface area (Å²) in [5.74, 6) is -1.15. The van der Waals surface area contributed by atoms with Crippen molar-refractivity contribution in [1.82, 2.24) is 0 Å². The molecule has 1 atom stereocenters. The minimum Gasteiger partial charge on any atom is -0.396 e. The highest BCUT2D eigenvalue weighted by atomic mass is 16.1. The fourth-order valence-electron chi connectivity index (χ4n) is 0.754. The molecule has 5 heteroatoms. The van der Waals surface area contributed by atoms with Crippen LogP contribution in [0, 0.1) is 5.41 Å². The van der Waals surface area contributed by atoms with Crippen LogP contribution in [0.5, 0.6) is 0 Å². The molecule has 0 bridgehead atoms. The number of carbonyl (C=O) groups is 2. The quantitative estimate of drug-likeness (QED) is 0.386. The molecule has 0 heterocycles. The van der Waals surface area contributed by atoms with Gasteiger partial charge in [0, 0.05) is 6.08 Å². The van der Waals surface area contributed by atoms with Crippen molar-refractivity contribution in [3.63, 3.8) is 0 Å². The molecule has 11 heavy (non-hydrogen) atoms. The van der Waals surface area contributed by atoms with E-state index in [9.17, 15) is 9.59 Å². The van der Waals surface area contributed by atoms with Crippen molar-refractivity contribution in [2.24, 2.45) is 11.5 Å². The summed E-state index contributed by atoms with van der Waals surface area (Å²) in [6, 6.07) is -1.17. The number of allylic oxidation sites excluding steroid dienone is 1. The Hall–Kier alpha value is -1.49. The van der Waals surface area contributed by atoms with E-state index in [1.54, 1.807) is 0 Å². The molecule has 1 rings (SSSR count). The van der Waals surface area contributed by atoms with Crippen LogP contribution in [0.1, 0.15) is 0 Å². The molecule has 1 aliphatic carbocycles. The van der Waals surface area contributed by atoms with Crippen LogP contribution >= 0.6 is 0 Å². The average molecular weight is 153 g/mol. The van der Waals surface area contributed by atoms with Crippen molar-refractivity contribution < 1.29 is 9.59 Å². The normalized spacial score (nSPS) is 25.4. The summed E-state index contributed by atoms with van der Waals surface area (Å²) in [6.07, 6.45) is 0.925. The van der Waals surface area contributed by atoms with E-state index >= 15 is 0 Å². The van der Waals surface area contributed by atoms with E-state index in [4.69, 9.17) is 16.9 Å². The molecule has 0 aliphatic heterocycles. The first-order chi connectivity index (χ1) is 5.04. The minimum atomic E-state index is -1.17. The summed E-state index contributed by atoms with van der Waals surface area (Å²) in [5, 5.41) is 7.03. The van der Waals surface area contributed by atoms with E-state index in [1.165, 1.54) is 0 Å². The van der Waals surface area contributed by atoms with E-state index in [2.05, 4.69) is 0 Å². The van der Waals surface area contributed by atoms with Crippen LogP contribution in [0.3, 0.4) is 0 Å². The molecule has 5 N–H and O–H groups in total. The third-order valence-electron chi connectivity index (χ3n) is 1.43. The Morgan fingerprint density at radius 3 is 2.55 bits per heavy atom. The van der Waals surface area contributed by atoms with Crippen molar-refractivity contribution in [2.45, 2.75) is 6.04 Å². The van der Waals surface area contributed by atoms with Gasteiger partial charge in [0.25, 0.3) is 0 Å². The summed E-state index contributed by atoms with van der Waals surface area (Å²) in [4.78, 5) is 21.6. The number of rotatable bonds is 0. The molecular weight excluding hydrogens is 146 g/mol. The molecule has 0 amide bonds. The largest absolute Gasteiger partial charge is 0.396 e. The molecule has 1 unspecified atom stereocenters. The lowest BCUT2D eigenvalue weighted by atomic mass is 9.96. The number of nitrogens with two attached hydrogens (primary N) is 2. The molecule has 1 aliphatic rings. The number of hydrogen-bond donors (Lipinski definition) is 3. The number of Topliss-reactive ketones (excluding diaryl/α,β-unsaturated/α-hetero) is 1. The van der Waals surface area contributed by atoms with Gasteiger partial charge in [0.15, 0.2) is 0 Å². The van der Waals surface area contributed by atoms with Gasteiger partial charge in [0.1, 0.15) is 11.8 Å². The lowest BCUT2D eigenvalue weighted by Crippen LogP contribution is -2.47. The van der Waals surface area contributed by atoms with Crippen LogP contribution in [0.2, 0.25) is 0 Å². The van der Waals surface area contributed by atoms with E-state index in [1.807, 2.05) is 0 Å². The van der Waals surface area contributed by atoms with Gasteiger partial charge in [-0.3, -0.25) is 15.0 Å². The van der Waals surface area contributed by atoms with Gasteiger partial charge in [-0.2, -0.15) is 0 Å². The van der Waals surface area contributed by atoms with E-state index in [0.717, 1.165) is 6.08 Å². The zero-order valence-electron chi connectivity index (χ0n) is 5.63. The monoisotopic (exact) mass is 153 g/mol. The Balaban J connectivity index is 3.11. The lowest BCUT2D eigenvalue weighted by Gasteiger charge is -2.14. The average Bonchev–Trinajstić information content (AvgIpc) is 1.97. The topological polar surface area (TPSA) is 110 Å². The molecule has 58 valence electrons. The Labute approximate surface area is 62.6 Å². The molecule has 0 saturated heterocycles. The van der Waals surface area contributed by atoms with E-state index < -0.39 is 23.3 Å². The van der Waals surface area contributed by atoms with Gasteiger partial charge in [-0.15, -0.1) is 0 Å². The number of ketones is 2. The smallest absolute Gasteiger partial charge is 0.203 e. The molecule has 0 radical (unpaired) electrons. The van der Waals surface area contributed by atoms with Crippen molar-refractivity contribution >= 4 is 17.3 Å². The third kappa shape index (κ3) is 1.05. The molecule has 0 spiro atoms. The first-order valence-corrected chi connectivity index (χ1v) is 2.93. The second kappa shape index (κ2) is 2.28. The van der Waals surface area contributed by atoms with Gasteiger partial charge >= 0.3 is 0 Å². The summed E-state index contributed by atoms with van der Waals surface area (Å²) >= 11 is 0. The molecule has 0 fully saturated rings. The zero-order valence-corrected chi connectivity index (χ0v) is 5.63. The van der Waals surface area contributed by atoms with Crippen LogP contribution in [0.25, 0.3) is 0 Å². The Morgan fingerprint density at radius 1 is 1.45 bits per heavy atom. The SMILES string of the molecule is N=C1C(=O)C=C(N)C(=O)C1N. The maximum absolute atomic E-state index is 10.9. The van der Waals surface area contributed by atoms with Gasteiger partial charge in [-0.1, -0.05) is 0 Å². The fraction of sp³-hybridized carbons (Fsp3) is 0.167. The standard InChI is InChI=1S/C6H7N3O2/c7-2-1-3(10)4(8)5(9)6(2)11/h1,5,8H,7,9H2. The Kier molecular flexibility index (Phi) is 1.58. The van der Waals surface area contributed by atoms with E-state index in [-0.39, 0.29) is 5.70 Å². The van der Waals surface area contributed by atoms with Gasteiger partial charge in [0.05, 0.1) is 5.70 Å². The summed E-state index contributed by atoms with van der Waals surface area (Å²) in [7, 11) is 0. The molecular formula is C6H7N3O2. The van der Waals surface area contributed by atoms with Crippen LogP contribution in [-0.4, -0.2) is 23.3 Å². The van der Waals surface area contributed by atoms with Gasteiger partial charge in [0.2, 0.25) is 11.6 Å². The summed E-state index contributed by atoms with van der Waals surface area (Å²) in [5.41, 5.74) is 9.76. The van der Waals surface area contributed by atoms with Gasteiger partial charge < -0.3 is 11.5 Å². The molecule has 0 aromatic heterocycles.